The number of likely N-dealkylation sites (tertiary alicyclic amines) is 1. The van der Waals surface area contributed by atoms with Crippen molar-refractivity contribution in [2.24, 2.45) is 5.92 Å². The largest absolute Gasteiger partial charge is 0.337 e. The molecule has 27 heavy (non-hydrogen) atoms. The molecule has 2 heterocycles. The second-order valence-corrected chi connectivity index (χ2v) is 7.50. The number of carbonyl (C=O) groups is 1. The molecule has 0 unspecified atom stereocenters. The molecule has 5 nitrogen and oxygen atoms in total. The number of rotatable bonds is 2. The molecule has 1 saturated heterocycles. The number of amides is 1. The first kappa shape index (κ1) is 17.7. The molecular formula is C21H20ClN3O2. The van der Waals surface area contributed by atoms with Gasteiger partial charge < -0.3 is 4.90 Å². The number of carbonyl (C=O) groups excluding carboxylic acids is 1. The summed E-state index contributed by atoms with van der Waals surface area (Å²) in [5, 5.41) is 6.12. The number of halogens is 1. The van der Waals surface area contributed by atoms with E-state index in [2.05, 4.69) is 12.0 Å². The van der Waals surface area contributed by atoms with E-state index in [4.69, 9.17) is 11.6 Å². The van der Waals surface area contributed by atoms with Gasteiger partial charge in [0.05, 0.1) is 11.1 Å². The van der Waals surface area contributed by atoms with Crippen LogP contribution in [0.1, 0.15) is 30.3 Å². The van der Waals surface area contributed by atoms with Crippen LogP contribution in [0.4, 0.5) is 0 Å². The minimum atomic E-state index is -0.253. The molecule has 1 aliphatic heterocycles. The fraction of sp³-hybridized carbons (Fsp3) is 0.286. The normalized spacial score (nSPS) is 15.3. The highest BCUT2D eigenvalue weighted by atomic mass is 35.5. The Hall–Kier alpha value is -2.66. The molecule has 0 atom stereocenters. The van der Waals surface area contributed by atoms with Gasteiger partial charge in [-0.1, -0.05) is 36.7 Å². The first-order valence-electron chi connectivity index (χ1n) is 9.12. The van der Waals surface area contributed by atoms with E-state index in [9.17, 15) is 9.59 Å². The Kier molecular flexibility index (Phi) is 4.70. The summed E-state index contributed by atoms with van der Waals surface area (Å²) >= 11 is 5.96. The van der Waals surface area contributed by atoms with Crippen LogP contribution in [-0.4, -0.2) is 33.7 Å². The number of aromatic nitrogens is 2. The van der Waals surface area contributed by atoms with Gasteiger partial charge in [-0.2, -0.15) is 9.78 Å². The Morgan fingerprint density at radius 2 is 1.67 bits per heavy atom. The quantitative estimate of drug-likeness (QED) is 0.676. The van der Waals surface area contributed by atoms with E-state index in [1.54, 1.807) is 42.5 Å². The van der Waals surface area contributed by atoms with Crippen molar-refractivity contribution in [2.45, 2.75) is 19.8 Å². The van der Waals surface area contributed by atoms with E-state index in [1.165, 1.54) is 4.68 Å². The molecule has 0 N–H and O–H groups in total. The highest BCUT2D eigenvalue weighted by molar-refractivity contribution is 6.30. The number of piperidine rings is 1. The second-order valence-electron chi connectivity index (χ2n) is 7.06. The maximum absolute atomic E-state index is 13.2. The summed E-state index contributed by atoms with van der Waals surface area (Å²) in [6.07, 6.45) is 1.97. The van der Waals surface area contributed by atoms with Crippen LogP contribution in [-0.2, 0) is 0 Å². The topological polar surface area (TPSA) is 55.2 Å². The molecular weight excluding hydrogens is 362 g/mol. The van der Waals surface area contributed by atoms with Crippen molar-refractivity contribution < 1.29 is 4.79 Å². The van der Waals surface area contributed by atoms with Gasteiger partial charge in [0.25, 0.3) is 11.5 Å². The van der Waals surface area contributed by atoms with Crippen LogP contribution in [0.15, 0.2) is 53.3 Å². The summed E-state index contributed by atoms with van der Waals surface area (Å²) in [6, 6.07) is 14.0. The van der Waals surface area contributed by atoms with Crippen LogP contribution >= 0.6 is 11.6 Å². The maximum atomic E-state index is 13.2. The third kappa shape index (κ3) is 3.35. The van der Waals surface area contributed by atoms with Gasteiger partial charge in [0.2, 0.25) is 0 Å². The second kappa shape index (κ2) is 7.16. The van der Waals surface area contributed by atoms with E-state index in [1.807, 2.05) is 11.0 Å². The van der Waals surface area contributed by atoms with Crippen molar-refractivity contribution in [1.29, 1.82) is 0 Å². The zero-order valence-corrected chi connectivity index (χ0v) is 15.8. The first-order chi connectivity index (χ1) is 13.0. The van der Waals surface area contributed by atoms with E-state index in [0.717, 1.165) is 25.9 Å². The standard InChI is InChI=1S/C21H20ClN3O2/c1-14-10-12-24(13-11-14)21(27)19-17-4-2-3-5-18(17)20(26)25(23-19)16-8-6-15(22)7-9-16/h2-9,14H,10-13H2,1H3. The average Bonchev–Trinajstić information content (AvgIpc) is 2.69. The molecule has 4 rings (SSSR count). The molecule has 1 fully saturated rings. The van der Waals surface area contributed by atoms with Gasteiger partial charge in [-0.15, -0.1) is 0 Å². The minimum Gasteiger partial charge on any atom is -0.337 e. The molecule has 1 aromatic heterocycles. The van der Waals surface area contributed by atoms with Gasteiger partial charge in [0.1, 0.15) is 0 Å². The highest BCUT2D eigenvalue weighted by Gasteiger charge is 2.25. The zero-order chi connectivity index (χ0) is 19.0. The SMILES string of the molecule is CC1CCN(C(=O)c2nn(-c3ccc(Cl)cc3)c(=O)c3ccccc23)CC1. The van der Waals surface area contributed by atoms with Crippen LogP contribution in [0.3, 0.4) is 0 Å². The predicted octanol–water partition coefficient (Wildman–Crippen LogP) is 3.91. The smallest absolute Gasteiger partial charge is 0.279 e. The first-order valence-corrected chi connectivity index (χ1v) is 9.49. The van der Waals surface area contributed by atoms with Crippen molar-refractivity contribution in [3.8, 4) is 5.69 Å². The molecule has 1 amide bonds. The summed E-state index contributed by atoms with van der Waals surface area (Å²) in [6.45, 7) is 3.64. The molecule has 0 saturated carbocycles. The summed E-state index contributed by atoms with van der Waals surface area (Å²) in [4.78, 5) is 28.0. The Morgan fingerprint density at radius 1 is 1.04 bits per heavy atom. The number of hydrogen-bond acceptors (Lipinski definition) is 3. The van der Waals surface area contributed by atoms with Crippen molar-refractivity contribution in [2.75, 3.05) is 13.1 Å². The van der Waals surface area contributed by atoms with Crippen molar-refractivity contribution in [1.82, 2.24) is 14.7 Å². The lowest BCUT2D eigenvalue weighted by atomic mass is 9.99. The Bertz CT molecular complexity index is 1050. The summed E-state index contributed by atoms with van der Waals surface area (Å²) in [7, 11) is 0. The minimum absolute atomic E-state index is 0.124. The van der Waals surface area contributed by atoms with Crippen molar-refractivity contribution in [3.63, 3.8) is 0 Å². The monoisotopic (exact) mass is 381 g/mol. The fourth-order valence-electron chi connectivity index (χ4n) is 3.47. The summed E-state index contributed by atoms with van der Waals surface area (Å²) in [5.74, 6) is 0.502. The number of benzene rings is 2. The average molecular weight is 382 g/mol. The van der Waals surface area contributed by atoms with Crippen LogP contribution in [0.5, 0.6) is 0 Å². The van der Waals surface area contributed by atoms with Gasteiger partial charge in [-0.25, -0.2) is 0 Å². The number of nitrogens with zero attached hydrogens (tertiary/aromatic N) is 3. The number of fused-ring (bicyclic) bond motifs is 1. The Morgan fingerprint density at radius 3 is 2.33 bits per heavy atom. The molecule has 2 aromatic carbocycles. The van der Waals surface area contributed by atoms with Gasteiger partial charge >= 0.3 is 0 Å². The lowest BCUT2D eigenvalue weighted by Gasteiger charge is -2.30. The molecule has 0 radical (unpaired) electrons. The highest BCUT2D eigenvalue weighted by Crippen LogP contribution is 2.21. The molecule has 3 aromatic rings. The third-order valence-electron chi connectivity index (χ3n) is 5.15. The van der Waals surface area contributed by atoms with Crippen molar-refractivity contribution in [3.05, 3.63) is 69.6 Å². The Balaban J connectivity index is 1.86. The van der Waals surface area contributed by atoms with E-state index >= 15 is 0 Å². The van der Waals surface area contributed by atoms with E-state index < -0.39 is 0 Å². The van der Waals surface area contributed by atoms with Crippen LogP contribution in [0.25, 0.3) is 16.5 Å². The molecule has 6 heteroatoms. The van der Waals surface area contributed by atoms with Crippen LogP contribution in [0, 0.1) is 5.92 Å². The molecule has 138 valence electrons. The fourth-order valence-corrected chi connectivity index (χ4v) is 3.59. The van der Waals surface area contributed by atoms with Crippen LogP contribution in [0.2, 0.25) is 5.02 Å². The lowest BCUT2D eigenvalue weighted by Crippen LogP contribution is -2.39. The predicted molar refractivity (Wildman–Crippen MR) is 107 cm³/mol. The zero-order valence-electron chi connectivity index (χ0n) is 15.1. The molecule has 0 spiro atoms. The molecule has 1 aliphatic rings. The van der Waals surface area contributed by atoms with Gasteiger partial charge in [0, 0.05) is 23.5 Å². The molecule has 0 aliphatic carbocycles. The third-order valence-corrected chi connectivity index (χ3v) is 5.40. The van der Waals surface area contributed by atoms with Gasteiger partial charge in [0.15, 0.2) is 5.69 Å². The summed E-state index contributed by atoms with van der Waals surface area (Å²) in [5.41, 5.74) is 0.642. The Labute approximate surface area is 162 Å². The van der Waals surface area contributed by atoms with Crippen LogP contribution < -0.4 is 5.56 Å². The van der Waals surface area contributed by atoms with E-state index in [0.29, 0.717) is 33.1 Å². The summed E-state index contributed by atoms with van der Waals surface area (Å²) < 4.78 is 1.29. The number of hydrogen-bond donors (Lipinski definition) is 0. The van der Waals surface area contributed by atoms with Gasteiger partial charge in [-0.05, 0) is 49.1 Å². The lowest BCUT2D eigenvalue weighted by molar-refractivity contribution is 0.0691. The van der Waals surface area contributed by atoms with E-state index in [-0.39, 0.29) is 11.5 Å². The van der Waals surface area contributed by atoms with Gasteiger partial charge in [-0.3, -0.25) is 9.59 Å². The molecule has 0 bridgehead atoms. The van der Waals surface area contributed by atoms with Crippen molar-refractivity contribution >= 4 is 28.3 Å². The maximum Gasteiger partial charge on any atom is 0.279 e.